The molecule has 98 valence electrons. The fraction of sp³-hybridized carbons (Fsp3) is 0.312. The van der Waals surface area contributed by atoms with Crippen molar-refractivity contribution >= 4 is 5.69 Å². The molecule has 3 rings (SSSR count). The monoisotopic (exact) mass is 253 g/mol. The number of hydrogen-bond acceptors (Lipinski definition) is 3. The number of nitrogens with zero attached hydrogens (tertiary/aromatic N) is 2. The van der Waals surface area contributed by atoms with Crippen LogP contribution >= 0.6 is 0 Å². The molecule has 0 spiro atoms. The summed E-state index contributed by atoms with van der Waals surface area (Å²) in [5, 5.41) is 3.49. The molecule has 0 bridgehead atoms. The average molecular weight is 253 g/mol. The third kappa shape index (κ3) is 2.61. The Hall–Kier alpha value is -1.87. The highest BCUT2D eigenvalue weighted by Gasteiger charge is 2.23. The van der Waals surface area contributed by atoms with Gasteiger partial charge in [-0.3, -0.25) is 4.98 Å². The SMILES string of the molecule is Cc1cncc(N2CCNCC2c2ccccc2)c1. The van der Waals surface area contributed by atoms with Crippen LogP contribution in [0.15, 0.2) is 48.8 Å². The van der Waals surface area contributed by atoms with Gasteiger partial charge in [-0.05, 0) is 24.1 Å². The van der Waals surface area contributed by atoms with Crippen molar-refractivity contribution in [2.45, 2.75) is 13.0 Å². The Morgan fingerprint density at radius 1 is 1.21 bits per heavy atom. The first kappa shape index (κ1) is 12.2. The number of aromatic nitrogens is 1. The zero-order chi connectivity index (χ0) is 13.1. The van der Waals surface area contributed by atoms with Gasteiger partial charge in [-0.25, -0.2) is 0 Å². The van der Waals surface area contributed by atoms with Crippen molar-refractivity contribution in [2.24, 2.45) is 0 Å². The van der Waals surface area contributed by atoms with Gasteiger partial charge in [0.05, 0.1) is 17.9 Å². The number of piperazine rings is 1. The predicted molar refractivity (Wildman–Crippen MR) is 78.4 cm³/mol. The third-order valence-electron chi connectivity index (χ3n) is 3.62. The largest absolute Gasteiger partial charge is 0.361 e. The molecule has 1 aliphatic rings. The predicted octanol–water partition coefficient (Wildman–Crippen LogP) is 2.54. The lowest BCUT2D eigenvalue weighted by atomic mass is 10.0. The molecule has 1 saturated heterocycles. The molecule has 1 aliphatic heterocycles. The number of aryl methyl sites for hydroxylation is 1. The topological polar surface area (TPSA) is 28.2 Å². The molecule has 1 unspecified atom stereocenters. The van der Waals surface area contributed by atoms with E-state index < -0.39 is 0 Å². The first-order chi connectivity index (χ1) is 9.34. The maximum atomic E-state index is 4.33. The van der Waals surface area contributed by atoms with E-state index in [1.54, 1.807) is 0 Å². The van der Waals surface area contributed by atoms with Crippen molar-refractivity contribution in [3.05, 3.63) is 59.9 Å². The second kappa shape index (κ2) is 5.41. The molecule has 1 N–H and O–H groups in total. The van der Waals surface area contributed by atoms with E-state index in [4.69, 9.17) is 0 Å². The van der Waals surface area contributed by atoms with E-state index in [-0.39, 0.29) is 0 Å². The average Bonchev–Trinajstić information content (AvgIpc) is 2.48. The second-order valence-electron chi connectivity index (χ2n) is 5.04. The molecule has 1 aromatic heterocycles. The Morgan fingerprint density at radius 2 is 2.05 bits per heavy atom. The van der Waals surface area contributed by atoms with Gasteiger partial charge in [0.2, 0.25) is 0 Å². The van der Waals surface area contributed by atoms with Crippen LogP contribution in [0.2, 0.25) is 0 Å². The molecule has 2 heterocycles. The molecule has 0 aliphatic carbocycles. The molecule has 1 atom stereocenters. The number of hydrogen-bond donors (Lipinski definition) is 1. The molecular weight excluding hydrogens is 234 g/mol. The molecule has 0 radical (unpaired) electrons. The summed E-state index contributed by atoms with van der Waals surface area (Å²) in [4.78, 5) is 6.78. The molecule has 0 amide bonds. The summed E-state index contributed by atoms with van der Waals surface area (Å²) >= 11 is 0. The molecule has 19 heavy (non-hydrogen) atoms. The number of benzene rings is 1. The number of nitrogens with one attached hydrogen (secondary N) is 1. The van der Waals surface area contributed by atoms with E-state index in [1.165, 1.54) is 16.8 Å². The van der Waals surface area contributed by atoms with Crippen LogP contribution in [0.3, 0.4) is 0 Å². The van der Waals surface area contributed by atoms with Crippen LogP contribution in [0.5, 0.6) is 0 Å². The fourth-order valence-corrected chi connectivity index (χ4v) is 2.68. The Bertz CT molecular complexity index is 539. The Morgan fingerprint density at radius 3 is 2.84 bits per heavy atom. The third-order valence-corrected chi connectivity index (χ3v) is 3.62. The Kier molecular flexibility index (Phi) is 3.47. The summed E-state index contributed by atoms with van der Waals surface area (Å²) < 4.78 is 0. The minimum absolute atomic E-state index is 0.388. The molecule has 3 heteroatoms. The van der Waals surface area contributed by atoms with E-state index in [9.17, 15) is 0 Å². The van der Waals surface area contributed by atoms with Crippen LogP contribution in [-0.2, 0) is 0 Å². The highest BCUT2D eigenvalue weighted by Crippen LogP contribution is 2.28. The van der Waals surface area contributed by atoms with E-state index in [2.05, 4.69) is 58.5 Å². The normalized spacial score (nSPS) is 19.4. The molecular formula is C16H19N3. The van der Waals surface area contributed by atoms with Crippen LogP contribution in [0.25, 0.3) is 0 Å². The van der Waals surface area contributed by atoms with Crippen molar-refractivity contribution in [3.8, 4) is 0 Å². The van der Waals surface area contributed by atoms with E-state index in [0.717, 1.165) is 19.6 Å². The summed E-state index contributed by atoms with van der Waals surface area (Å²) in [6, 6.07) is 13.3. The minimum Gasteiger partial charge on any atom is -0.361 e. The lowest BCUT2D eigenvalue weighted by Gasteiger charge is -2.38. The van der Waals surface area contributed by atoms with Gasteiger partial charge >= 0.3 is 0 Å². The highest BCUT2D eigenvalue weighted by atomic mass is 15.2. The number of anilines is 1. The quantitative estimate of drug-likeness (QED) is 0.891. The summed E-state index contributed by atoms with van der Waals surface area (Å²) in [6.45, 7) is 5.12. The van der Waals surface area contributed by atoms with Gasteiger partial charge in [0.25, 0.3) is 0 Å². The summed E-state index contributed by atoms with van der Waals surface area (Å²) in [5.74, 6) is 0. The van der Waals surface area contributed by atoms with Crippen molar-refractivity contribution < 1.29 is 0 Å². The maximum absolute atomic E-state index is 4.33. The van der Waals surface area contributed by atoms with Crippen molar-refractivity contribution in [1.29, 1.82) is 0 Å². The number of rotatable bonds is 2. The van der Waals surface area contributed by atoms with Crippen molar-refractivity contribution in [2.75, 3.05) is 24.5 Å². The zero-order valence-corrected chi connectivity index (χ0v) is 11.2. The lowest BCUT2D eigenvalue weighted by molar-refractivity contribution is 0.489. The smallest absolute Gasteiger partial charge is 0.0668 e. The molecule has 1 aromatic carbocycles. The molecule has 2 aromatic rings. The van der Waals surface area contributed by atoms with E-state index >= 15 is 0 Å². The number of pyridine rings is 1. The van der Waals surface area contributed by atoms with Crippen LogP contribution in [0.4, 0.5) is 5.69 Å². The summed E-state index contributed by atoms with van der Waals surface area (Å²) in [6.07, 6.45) is 3.87. The van der Waals surface area contributed by atoms with Crippen LogP contribution < -0.4 is 10.2 Å². The minimum atomic E-state index is 0.388. The maximum Gasteiger partial charge on any atom is 0.0668 e. The van der Waals surface area contributed by atoms with Gasteiger partial charge in [0, 0.05) is 25.8 Å². The van der Waals surface area contributed by atoms with Crippen molar-refractivity contribution in [1.82, 2.24) is 10.3 Å². The van der Waals surface area contributed by atoms with Crippen LogP contribution in [0.1, 0.15) is 17.2 Å². The van der Waals surface area contributed by atoms with E-state index in [0.29, 0.717) is 6.04 Å². The van der Waals surface area contributed by atoms with Gasteiger partial charge in [0.1, 0.15) is 0 Å². The van der Waals surface area contributed by atoms with Crippen LogP contribution in [-0.4, -0.2) is 24.6 Å². The molecule has 3 nitrogen and oxygen atoms in total. The Labute approximate surface area is 114 Å². The first-order valence-corrected chi connectivity index (χ1v) is 6.78. The zero-order valence-electron chi connectivity index (χ0n) is 11.2. The van der Waals surface area contributed by atoms with Gasteiger partial charge in [-0.1, -0.05) is 30.3 Å². The molecule has 0 saturated carbocycles. The summed E-state index contributed by atoms with van der Waals surface area (Å²) in [5.41, 5.74) is 3.79. The second-order valence-corrected chi connectivity index (χ2v) is 5.04. The van der Waals surface area contributed by atoms with Gasteiger partial charge in [0.15, 0.2) is 0 Å². The van der Waals surface area contributed by atoms with E-state index in [1.807, 2.05) is 12.4 Å². The van der Waals surface area contributed by atoms with Crippen LogP contribution in [0, 0.1) is 6.92 Å². The summed E-state index contributed by atoms with van der Waals surface area (Å²) in [7, 11) is 0. The molecule has 1 fully saturated rings. The first-order valence-electron chi connectivity index (χ1n) is 6.78. The van der Waals surface area contributed by atoms with Gasteiger partial charge < -0.3 is 10.2 Å². The standard InChI is InChI=1S/C16H19N3/c1-13-9-15(11-18-10-13)19-8-7-17-12-16(19)14-5-3-2-4-6-14/h2-6,9-11,16-17H,7-8,12H2,1H3. The highest BCUT2D eigenvalue weighted by molar-refractivity contribution is 5.49. The lowest BCUT2D eigenvalue weighted by Crippen LogP contribution is -2.46. The van der Waals surface area contributed by atoms with Gasteiger partial charge in [-0.2, -0.15) is 0 Å². The van der Waals surface area contributed by atoms with Crippen molar-refractivity contribution in [3.63, 3.8) is 0 Å². The van der Waals surface area contributed by atoms with Gasteiger partial charge in [-0.15, -0.1) is 0 Å². The Balaban J connectivity index is 1.93. The fourth-order valence-electron chi connectivity index (χ4n) is 2.68.